The first-order chi connectivity index (χ1) is 7.19. The zero-order valence-electron chi connectivity index (χ0n) is 9.53. The van der Waals surface area contributed by atoms with Crippen molar-refractivity contribution in [2.75, 3.05) is 26.2 Å². The van der Waals surface area contributed by atoms with Crippen LogP contribution < -0.4 is 5.73 Å². The normalized spacial score (nSPS) is 23.0. The highest BCUT2D eigenvalue weighted by Gasteiger charge is 2.23. The monoisotopic (exact) mass is 212 g/mol. The maximum Gasteiger partial charge on any atom is 0.249 e. The molecule has 0 radical (unpaired) electrons. The molecule has 0 saturated carbocycles. The van der Waals surface area contributed by atoms with Crippen molar-refractivity contribution in [3.05, 3.63) is 11.6 Å². The van der Waals surface area contributed by atoms with E-state index >= 15 is 0 Å². The van der Waals surface area contributed by atoms with Crippen LogP contribution >= 0.6 is 0 Å². The van der Waals surface area contributed by atoms with E-state index in [4.69, 9.17) is 10.5 Å². The van der Waals surface area contributed by atoms with Crippen molar-refractivity contribution in [2.45, 2.75) is 26.4 Å². The first-order valence-electron chi connectivity index (χ1n) is 5.46. The summed E-state index contributed by atoms with van der Waals surface area (Å²) in [6.07, 6.45) is 2.84. The summed E-state index contributed by atoms with van der Waals surface area (Å²) in [5, 5.41) is 0. The first-order valence-corrected chi connectivity index (χ1v) is 5.46. The van der Waals surface area contributed by atoms with Gasteiger partial charge in [-0.2, -0.15) is 0 Å². The molecule has 0 aromatic carbocycles. The second kappa shape index (κ2) is 5.88. The minimum atomic E-state index is -0.00266. The maximum absolute atomic E-state index is 11.9. The van der Waals surface area contributed by atoms with Gasteiger partial charge in [0.2, 0.25) is 5.91 Å². The van der Waals surface area contributed by atoms with Gasteiger partial charge in [0.1, 0.15) is 0 Å². The van der Waals surface area contributed by atoms with E-state index < -0.39 is 0 Å². The predicted octanol–water partition coefficient (Wildman–Crippen LogP) is 0.529. The van der Waals surface area contributed by atoms with Crippen LogP contribution in [0.4, 0.5) is 0 Å². The van der Waals surface area contributed by atoms with Crippen molar-refractivity contribution in [1.82, 2.24) is 4.90 Å². The molecule has 1 unspecified atom stereocenters. The van der Waals surface area contributed by atoms with E-state index in [2.05, 4.69) is 0 Å². The van der Waals surface area contributed by atoms with E-state index in [-0.39, 0.29) is 12.0 Å². The van der Waals surface area contributed by atoms with Gasteiger partial charge >= 0.3 is 0 Å². The summed E-state index contributed by atoms with van der Waals surface area (Å²) in [5.41, 5.74) is 6.34. The topological polar surface area (TPSA) is 55.6 Å². The van der Waals surface area contributed by atoms with Crippen molar-refractivity contribution >= 4 is 5.91 Å². The summed E-state index contributed by atoms with van der Waals surface area (Å²) < 4.78 is 5.41. The number of rotatable bonds is 3. The van der Waals surface area contributed by atoms with Gasteiger partial charge in [-0.05, 0) is 13.3 Å². The van der Waals surface area contributed by atoms with E-state index in [0.29, 0.717) is 26.2 Å². The summed E-state index contributed by atoms with van der Waals surface area (Å²) in [5.74, 6) is 0.110. The maximum atomic E-state index is 11.9. The fourth-order valence-corrected chi connectivity index (χ4v) is 1.69. The summed E-state index contributed by atoms with van der Waals surface area (Å²) in [6, 6.07) is 0. The fraction of sp³-hybridized carbons (Fsp3) is 0.727. The Morgan fingerprint density at radius 2 is 2.40 bits per heavy atom. The molecular weight excluding hydrogens is 192 g/mol. The van der Waals surface area contributed by atoms with Crippen LogP contribution in [0.2, 0.25) is 0 Å². The Hall–Kier alpha value is -0.870. The molecule has 1 amide bonds. The lowest BCUT2D eigenvalue weighted by Crippen LogP contribution is -2.48. The third-order valence-electron chi connectivity index (χ3n) is 2.54. The van der Waals surface area contributed by atoms with Crippen LogP contribution in [0.15, 0.2) is 11.6 Å². The van der Waals surface area contributed by atoms with Crippen LogP contribution in [-0.4, -0.2) is 43.2 Å². The summed E-state index contributed by atoms with van der Waals surface area (Å²) >= 11 is 0. The molecule has 0 aliphatic carbocycles. The van der Waals surface area contributed by atoms with E-state index in [9.17, 15) is 4.79 Å². The van der Waals surface area contributed by atoms with Gasteiger partial charge in [-0.1, -0.05) is 13.0 Å². The second-order valence-corrected chi connectivity index (χ2v) is 3.78. The summed E-state index contributed by atoms with van der Waals surface area (Å²) in [7, 11) is 0. The number of hydrogen-bond acceptors (Lipinski definition) is 3. The Morgan fingerprint density at radius 3 is 3.00 bits per heavy atom. The predicted molar refractivity (Wildman–Crippen MR) is 59.4 cm³/mol. The van der Waals surface area contributed by atoms with Crippen molar-refractivity contribution in [1.29, 1.82) is 0 Å². The number of allylic oxidation sites excluding steroid dienone is 1. The lowest BCUT2D eigenvalue weighted by atomic mass is 10.2. The van der Waals surface area contributed by atoms with Crippen LogP contribution in [-0.2, 0) is 9.53 Å². The number of amides is 1. The Morgan fingerprint density at radius 1 is 1.67 bits per heavy atom. The van der Waals surface area contributed by atoms with E-state index in [0.717, 1.165) is 12.0 Å². The van der Waals surface area contributed by atoms with Gasteiger partial charge in [-0.3, -0.25) is 4.79 Å². The Kier molecular flexibility index (Phi) is 4.78. The van der Waals surface area contributed by atoms with Gasteiger partial charge in [0, 0.05) is 25.2 Å². The smallest absolute Gasteiger partial charge is 0.249 e. The van der Waals surface area contributed by atoms with Crippen molar-refractivity contribution in [2.24, 2.45) is 5.73 Å². The molecule has 1 atom stereocenters. The van der Waals surface area contributed by atoms with E-state index in [1.54, 1.807) is 0 Å². The lowest BCUT2D eigenvalue weighted by Gasteiger charge is -2.32. The molecule has 1 rings (SSSR count). The van der Waals surface area contributed by atoms with Gasteiger partial charge in [0.15, 0.2) is 0 Å². The van der Waals surface area contributed by atoms with Gasteiger partial charge in [0.05, 0.1) is 12.7 Å². The minimum Gasteiger partial charge on any atom is -0.373 e. The average Bonchev–Trinajstić information content (AvgIpc) is 2.28. The molecule has 1 fully saturated rings. The molecule has 0 aromatic heterocycles. The molecule has 1 aliphatic heterocycles. The SMILES string of the molecule is CC/C=C(/C)C(=O)N1CCOC(CN)C1. The number of nitrogens with zero attached hydrogens (tertiary/aromatic N) is 1. The first kappa shape index (κ1) is 12.2. The van der Waals surface area contributed by atoms with Crippen molar-refractivity contribution in [3.63, 3.8) is 0 Å². The largest absolute Gasteiger partial charge is 0.373 e. The molecule has 0 spiro atoms. The van der Waals surface area contributed by atoms with Crippen LogP contribution in [0, 0.1) is 0 Å². The molecule has 86 valence electrons. The highest BCUT2D eigenvalue weighted by atomic mass is 16.5. The van der Waals surface area contributed by atoms with Gasteiger partial charge in [-0.15, -0.1) is 0 Å². The van der Waals surface area contributed by atoms with Crippen LogP contribution in [0.5, 0.6) is 0 Å². The Balaban J connectivity index is 2.56. The Bertz CT molecular complexity index is 251. The quantitative estimate of drug-likeness (QED) is 0.694. The molecule has 1 aliphatic rings. The number of carbonyl (C=O) groups is 1. The van der Waals surface area contributed by atoms with Crippen LogP contribution in [0.3, 0.4) is 0 Å². The van der Waals surface area contributed by atoms with Gasteiger partial charge < -0.3 is 15.4 Å². The summed E-state index contributed by atoms with van der Waals surface area (Å²) in [6.45, 7) is 6.24. The third kappa shape index (κ3) is 3.32. The average molecular weight is 212 g/mol. The summed E-state index contributed by atoms with van der Waals surface area (Å²) in [4.78, 5) is 13.7. The van der Waals surface area contributed by atoms with Gasteiger partial charge in [-0.25, -0.2) is 0 Å². The second-order valence-electron chi connectivity index (χ2n) is 3.78. The van der Waals surface area contributed by atoms with Crippen LogP contribution in [0.1, 0.15) is 20.3 Å². The molecule has 1 heterocycles. The molecule has 4 heteroatoms. The van der Waals surface area contributed by atoms with Crippen LogP contribution in [0.25, 0.3) is 0 Å². The van der Waals surface area contributed by atoms with E-state index in [1.807, 2.05) is 24.8 Å². The molecule has 2 N–H and O–H groups in total. The highest BCUT2D eigenvalue weighted by molar-refractivity contribution is 5.92. The zero-order chi connectivity index (χ0) is 11.3. The molecule has 0 bridgehead atoms. The molecule has 0 aromatic rings. The number of hydrogen-bond donors (Lipinski definition) is 1. The number of morpholine rings is 1. The lowest BCUT2D eigenvalue weighted by molar-refractivity contribution is -0.134. The highest BCUT2D eigenvalue weighted by Crippen LogP contribution is 2.09. The van der Waals surface area contributed by atoms with Gasteiger partial charge in [0.25, 0.3) is 0 Å². The molecular formula is C11H20N2O2. The standard InChI is InChI=1S/C11H20N2O2/c1-3-4-9(2)11(14)13-5-6-15-10(7-12)8-13/h4,10H,3,5-8,12H2,1-2H3/b9-4-. The number of ether oxygens (including phenoxy) is 1. The third-order valence-corrected chi connectivity index (χ3v) is 2.54. The van der Waals surface area contributed by atoms with Crippen molar-refractivity contribution < 1.29 is 9.53 Å². The Labute approximate surface area is 91.1 Å². The minimum absolute atomic E-state index is 0.00266. The fourth-order valence-electron chi connectivity index (χ4n) is 1.69. The zero-order valence-corrected chi connectivity index (χ0v) is 9.53. The molecule has 15 heavy (non-hydrogen) atoms. The van der Waals surface area contributed by atoms with Crippen molar-refractivity contribution in [3.8, 4) is 0 Å². The number of nitrogens with two attached hydrogens (primary N) is 1. The molecule has 1 saturated heterocycles. The number of carbonyl (C=O) groups excluding carboxylic acids is 1. The van der Waals surface area contributed by atoms with E-state index in [1.165, 1.54) is 0 Å². The molecule has 4 nitrogen and oxygen atoms in total.